The molecule has 0 saturated heterocycles. The Morgan fingerprint density at radius 2 is 1.59 bits per heavy atom. The minimum atomic E-state index is -0.421. The van der Waals surface area contributed by atoms with Gasteiger partial charge in [0, 0.05) is 6.04 Å². The number of carbonyl (C=O) groups excluding carboxylic acids is 1. The van der Waals surface area contributed by atoms with E-state index < -0.39 is 5.41 Å². The van der Waals surface area contributed by atoms with Crippen molar-refractivity contribution in [2.45, 2.75) is 62.8 Å². The van der Waals surface area contributed by atoms with Crippen molar-refractivity contribution in [1.29, 1.82) is 0 Å². The standard InChI is InChI=1S/C19H24FNO/c20-16-9-7-15(8-10-16)19(11-1-2-12-19)18(22)21-17(13-3-4-13)14-5-6-14/h7-10,13-14,17H,1-6,11-12H2,(H,21,22). The van der Waals surface area contributed by atoms with Gasteiger partial charge in [0.2, 0.25) is 5.91 Å². The maximum absolute atomic E-state index is 13.2. The summed E-state index contributed by atoms with van der Waals surface area (Å²) < 4.78 is 13.2. The minimum absolute atomic E-state index is 0.195. The highest BCUT2D eigenvalue weighted by molar-refractivity contribution is 5.89. The molecule has 0 unspecified atom stereocenters. The molecule has 4 rings (SSSR count). The number of halogens is 1. The third-order valence-electron chi connectivity index (χ3n) is 5.85. The molecule has 3 fully saturated rings. The van der Waals surface area contributed by atoms with Gasteiger partial charge in [-0.15, -0.1) is 0 Å². The molecule has 0 atom stereocenters. The van der Waals surface area contributed by atoms with Gasteiger partial charge in [-0.2, -0.15) is 0 Å². The molecule has 3 heteroatoms. The largest absolute Gasteiger partial charge is 0.352 e. The molecule has 0 aliphatic heterocycles. The molecule has 2 nitrogen and oxygen atoms in total. The summed E-state index contributed by atoms with van der Waals surface area (Å²) in [5.74, 6) is 1.39. The van der Waals surface area contributed by atoms with Gasteiger partial charge in [-0.05, 0) is 68.1 Å². The van der Waals surface area contributed by atoms with E-state index >= 15 is 0 Å². The summed E-state index contributed by atoms with van der Waals surface area (Å²) in [6.07, 6.45) is 9.04. The maximum atomic E-state index is 13.2. The molecule has 3 aliphatic carbocycles. The Morgan fingerprint density at radius 3 is 2.09 bits per heavy atom. The Morgan fingerprint density at radius 1 is 1.05 bits per heavy atom. The average molecular weight is 301 g/mol. The summed E-state index contributed by atoms with van der Waals surface area (Å²) in [6, 6.07) is 6.99. The number of hydrogen-bond donors (Lipinski definition) is 1. The molecule has 0 spiro atoms. The quantitative estimate of drug-likeness (QED) is 0.877. The Balaban J connectivity index is 1.57. The highest BCUT2D eigenvalue weighted by Gasteiger charge is 2.47. The van der Waals surface area contributed by atoms with Crippen molar-refractivity contribution < 1.29 is 9.18 Å². The molecule has 1 aromatic carbocycles. The summed E-state index contributed by atoms with van der Waals surface area (Å²) in [5.41, 5.74) is 0.574. The monoisotopic (exact) mass is 301 g/mol. The molecule has 118 valence electrons. The van der Waals surface area contributed by atoms with Crippen LogP contribution in [-0.2, 0) is 10.2 Å². The molecule has 0 aromatic heterocycles. The van der Waals surface area contributed by atoms with E-state index in [9.17, 15) is 9.18 Å². The molecule has 1 N–H and O–H groups in total. The van der Waals surface area contributed by atoms with Gasteiger partial charge in [0.25, 0.3) is 0 Å². The van der Waals surface area contributed by atoms with Gasteiger partial charge in [0.05, 0.1) is 5.41 Å². The van der Waals surface area contributed by atoms with E-state index in [4.69, 9.17) is 0 Å². The van der Waals surface area contributed by atoms with Gasteiger partial charge in [0.1, 0.15) is 5.82 Å². The van der Waals surface area contributed by atoms with Crippen LogP contribution in [0.15, 0.2) is 24.3 Å². The van der Waals surface area contributed by atoms with Crippen LogP contribution in [0.1, 0.15) is 56.9 Å². The Labute approximate surface area is 131 Å². The number of carbonyl (C=O) groups is 1. The molecule has 22 heavy (non-hydrogen) atoms. The molecular formula is C19H24FNO. The summed E-state index contributed by atoms with van der Waals surface area (Å²) in [7, 11) is 0. The second-order valence-electron chi connectivity index (χ2n) is 7.47. The first kappa shape index (κ1) is 14.2. The normalized spacial score (nSPS) is 23.7. The fourth-order valence-corrected chi connectivity index (χ4v) is 4.22. The van der Waals surface area contributed by atoms with Crippen LogP contribution in [0.3, 0.4) is 0 Å². The molecule has 1 amide bonds. The predicted molar refractivity (Wildman–Crippen MR) is 83.9 cm³/mol. The molecule has 3 aliphatic rings. The topological polar surface area (TPSA) is 29.1 Å². The first-order valence-corrected chi connectivity index (χ1v) is 8.76. The Kier molecular flexibility index (Phi) is 3.47. The average Bonchev–Trinajstić information content (AvgIpc) is 3.45. The van der Waals surface area contributed by atoms with E-state index in [2.05, 4.69) is 5.32 Å². The molecular weight excluding hydrogens is 277 g/mol. The van der Waals surface area contributed by atoms with Crippen molar-refractivity contribution in [3.8, 4) is 0 Å². The van der Waals surface area contributed by atoms with Crippen LogP contribution < -0.4 is 5.32 Å². The lowest BCUT2D eigenvalue weighted by Gasteiger charge is -2.31. The zero-order chi connectivity index (χ0) is 15.2. The summed E-state index contributed by atoms with van der Waals surface area (Å²) in [4.78, 5) is 13.1. The van der Waals surface area contributed by atoms with E-state index in [1.807, 2.05) is 12.1 Å². The lowest BCUT2D eigenvalue weighted by atomic mass is 9.77. The zero-order valence-electron chi connectivity index (χ0n) is 13.0. The van der Waals surface area contributed by atoms with Crippen LogP contribution in [0.25, 0.3) is 0 Å². The lowest BCUT2D eigenvalue weighted by Crippen LogP contribution is -2.48. The van der Waals surface area contributed by atoms with E-state index in [1.54, 1.807) is 0 Å². The molecule has 0 bridgehead atoms. The lowest BCUT2D eigenvalue weighted by molar-refractivity contribution is -0.127. The van der Waals surface area contributed by atoms with Crippen molar-refractivity contribution in [3.05, 3.63) is 35.6 Å². The maximum Gasteiger partial charge on any atom is 0.230 e. The molecule has 3 saturated carbocycles. The van der Waals surface area contributed by atoms with Crippen LogP contribution in [-0.4, -0.2) is 11.9 Å². The number of rotatable bonds is 5. The van der Waals surface area contributed by atoms with E-state index in [0.29, 0.717) is 17.9 Å². The SMILES string of the molecule is O=C(NC(C1CC1)C1CC1)C1(c2ccc(F)cc2)CCCC1. The number of hydrogen-bond acceptors (Lipinski definition) is 1. The summed E-state index contributed by atoms with van der Waals surface area (Å²) in [6.45, 7) is 0. The van der Waals surface area contributed by atoms with Crippen LogP contribution in [0.2, 0.25) is 0 Å². The third-order valence-corrected chi connectivity index (χ3v) is 5.85. The van der Waals surface area contributed by atoms with Crippen molar-refractivity contribution in [3.63, 3.8) is 0 Å². The number of nitrogens with one attached hydrogen (secondary N) is 1. The van der Waals surface area contributed by atoms with Crippen LogP contribution in [0, 0.1) is 17.7 Å². The van der Waals surface area contributed by atoms with Gasteiger partial charge in [-0.25, -0.2) is 4.39 Å². The zero-order valence-corrected chi connectivity index (χ0v) is 13.0. The van der Waals surface area contributed by atoms with Crippen LogP contribution >= 0.6 is 0 Å². The van der Waals surface area contributed by atoms with E-state index in [0.717, 1.165) is 31.2 Å². The first-order chi connectivity index (χ1) is 10.7. The molecule has 0 heterocycles. The Bertz CT molecular complexity index is 541. The molecule has 1 aromatic rings. The highest BCUT2D eigenvalue weighted by Crippen LogP contribution is 2.46. The van der Waals surface area contributed by atoms with Crippen molar-refractivity contribution in [2.75, 3.05) is 0 Å². The van der Waals surface area contributed by atoms with Crippen LogP contribution in [0.5, 0.6) is 0 Å². The van der Waals surface area contributed by atoms with Crippen LogP contribution in [0.4, 0.5) is 4.39 Å². The third kappa shape index (κ3) is 2.55. The second-order valence-corrected chi connectivity index (χ2v) is 7.47. The van der Waals surface area contributed by atoms with Gasteiger partial charge in [-0.1, -0.05) is 25.0 Å². The number of benzene rings is 1. The minimum Gasteiger partial charge on any atom is -0.352 e. The highest BCUT2D eigenvalue weighted by atomic mass is 19.1. The van der Waals surface area contributed by atoms with Gasteiger partial charge < -0.3 is 5.32 Å². The van der Waals surface area contributed by atoms with Crippen molar-refractivity contribution >= 4 is 5.91 Å². The van der Waals surface area contributed by atoms with Crippen molar-refractivity contribution in [2.24, 2.45) is 11.8 Å². The predicted octanol–water partition coefficient (Wildman–Crippen LogP) is 3.94. The molecule has 0 radical (unpaired) electrons. The summed E-state index contributed by atoms with van der Waals surface area (Å²) >= 11 is 0. The fraction of sp³-hybridized carbons (Fsp3) is 0.632. The first-order valence-electron chi connectivity index (χ1n) is 8.76. The second kappa shape index (κ2) is 5.36. The van der Waals surface area contributed by atoms with Gasteiger partial charge in [0.15, 0.2) is 0 Å². The Hall–Kier alpha value is -1.38. The van der Waals surface area contributed by atoms with E-state index in [-0.39, 0.29) is 11.7 Å². The fourth-order valence-electron chi connectivity index (χ4n) is 4.22. The van der Waals surface area contributed by atoms with E-state index in [1.165, 1.54) is 37.8 Å². The van der Waals surface area contributed by atoms with Crippen molar-refractivity contribution in [1.82, 2.24) is 5.32 Å². The smallest absolute Gasteiger partial charge is 0.230 e. The van der Waals surface area contributed by atoms with Gasteiger partial charge in [-0.3, -0.25) is 4.79 Å². The number of amides is 1. The van der Waals surface area contributed by atoms with Gasteiger partial charge >= 0.3 is 0 Å². The summed E-state index contributed by atoms with van der Waals surface area (Å²) in [5, 5.41) is 3.40.